The van der Waals surface area contributed by atoms with Gasteiger partial charge in [-0.05, 0) is 28.1 Å². The van der Waals surface area contributed by atoms with Gasteiger partial charge in [-0.25, -0.2) is 13.1 Å². The predicted molar refractivity (Wildman–Crippen MR) is 79.3 cm³/mol. The normalized spacial score (nSPS) is 11.8. The highest BCUT2D eigenvalue weighted by Gasteiger charge is 2.22. The standard InChI is InChI=1S/C10H10Br2N4O3S/c1-5-15-9(16-19-5)4-14-20(17,18)10-7(12)2-6(11)3-8(10)13/h2-3,14H,4,13H2,1H3. The first-order chi connectivity index (χ1) is 9.29. The Kier molecular flexibility index (Phi) is 4.47. The summed E-state index contributed by atoms with van der Waals surface area (Å²) in [6.07, 6.45) is 0. The van der Waals surface area contributed by atoms with Gasteiger partial charge in [0.2, 0.25) is 15.9 Å². The zero-order valence-corrected chi connectivity index (χ0v) is 14.2. The second-order valence-corrected chi connectivity index (χ2v) is 7.33. The van der Waals surface area contributed by atoms with E-state index >= 15 is 0 Å². The van der Waals surface area contributed by atoms with Crippen molar-refractivity contribution in [2.75, 3.05) is 5.73 Å². The second kappa shape index (κ2) is 5.80. The molecular formula is C10H10Br2N4O3S. The average molecular weight is 426 g/mol. The van der Waals surface area contributed by atoms with Crippen molar-refractivity contribution < 1.29 is 12.9 Å². The van der Waals surface area contributed by atoms with E-state index in [1.165, 1.54) is 6.07 Å². The third-order valence-electron chi connectivity index (χ3n) is 2.30. The summed E-state index contributed by atoms with van der Waals surface area (Å²) in [5.41, 5.74) is 5.88. The van der Waals surface area contributed by atoms with E-state index in [0.717, 1.165) is 0 Å². The molecule has 0 amide bonds. The van der Waals surface area contributed by atoms with Crippen LogP contribution in [0.1, 0.15) is 11.7 Å². The summed E-state index contributed by atoms with van der Waals surface area (Å²) < 4.78 is 32.7. The van der Waals surface area contributed by atoms with Gasteiger partial charge >= 0.3 is 0 Å². The van der Waals surface area contributed by atoms with Crippen molar-refractivity contribution in [1.29, 1.82) is 0 Å². The predicted octanol–water partition coefficient (Wildman–Crippen LogP) is 1.96. The van der Waals surface area contributed by atoms with E-state index in [2.05, 4.69) is 46.7 Å². The lowest BCUT2D eigenvalue weighted by Gasteiger charge is -2.10. The summed E-state index contributed by atoms with van der Waals surface area (Å²) in [5, 5.41) is 3.61. The first-order valence-electron chi connectivity index (χ1n) is 5.33. The number of nitrogens with two attached hydrogens (primary N) is 1. The summed E-state index contributed by atoms with van der Waals surface area (Å²) in [5.74, 6) is 0.612. The smallest absolute Gasteiger partial charge is 0.244 e. The molecule has 0 spiro atoms. The van der Waals surface area contributed by atoms with Gasteiger partial charge in [0.05, 0.1) is 12.2 Å². The number of nitrogens with one attached hydrogen (secondary N) is 1. The molecule has 1 heterocycles. The Morgan fingerprint density at radius 3 is 2.65 bits per heavy atom. The lowest BCUT2D eigenvalue weighted by Crippen LogP contribution is -2.25. The monoisotopic (exact) mass is 424 g/mol. The molecule has 2 aromatic rings. The number of hydrogen-bond acceptors (Lipinski definition) is 6. The Balaban J connectivity index is 2.27. The van der Waals surface area contributed by atoms with Crippen LogP contribution in [-0.2, 0) is 16.6 Å². The number of nitrogens with zero attached hydrogens (tertiary/aromatic N) is 2. The minimum absolute atomic E-state index is 0.0269. The van der Waals surface area contributed by atoms with E-state index in [0.29, 0.717) is 14.8 Å². The number of sulfonamides is 1. The highest BCUT2D eigenvalue weighted by molar-refractivity contribution is 9.11. The molecule has 0 unspecified atom stereocenters. The van der Waals surface area contributed by atoms with Gasteiger partial charge in [-0.3, -0.25) is 0 Å². The summed E-state index contributed by atoms with van der Waals surface area (Å²) >= 11 is 6.42. The molecule has 0 saturated heterocycles. The van der Waals surface area contributed by atoms with Crippen LogP contribution in [0.2, 0.25) is 0 Å². The molecule has 108 valence electrons. The Morgan fingerprint density at radius 2 is 2.10 bits per heavy atom. The molecule has 0 aliphatic rings. The van der Waals surface area contributed by atoms with Crippen molar-refractivity contribution in [3.8, 4) is 0 Å². The number of halogens is 2. The Bertz CT molecular complexity index is 722. The van der Waals surface area contributed by atoms with Crippen LogP contribution >= 0.6 is 31.9 Å². The van der Waals surface area contributed by atoms with Crippen molar-refractivity contribution in [2.24, 2.45) is 0 Å². The lowest BCUT2D eigenvalue weighted by atomic mass is 10.3. The fourth-order valence-corrected chi connectivity index (χ4v) is 4.55. The maximum Gasteiger partial charge on any atom is 0.244 e. The zero-order valence-electron chi connectivity index (χ0n) is 10.2. The Labute approximate surface area is 132 Å². The highest BCUT2D eigenvalue weighted by Crippen LogP contribution is 2.31. The largest absolute Gasteiger partial charge is 0.398 e. The number of nitrogen functional groups attached to an aromatic ring is 1. The molecule has 3 N–H and O–H groups in total. The van der Waals surface area contributed by atoms with E-state index < -0.39 is 10.0 Å². The van der Waals surface area contributed by atoms with Crippen molar-refractivity contribution >= 4 is 47.6 Å². The number of anilines is 1. The van der Waals surface area contributed by atoms with Crippen LogP contribution in [0.25, 0.3) is 0 Å². The fourth-order valence-electron chi connectivity index (χ4n) is 1.51. The second-order valence-electron chi connectivity index (χ2n) is 3.86. The maximum absolute atomic E-state index is 12.2. The van der Waals surface area contributed by atoms with Crippen LogP contribution in [-0.4, -0.2) is 18.6 Å². The Morgan fingerprint density at radius 1 is 1.40 bits per heavy atom. The molecule has 2 rings (SSSR count). The van der Waals surface area contributed by atoms with Crippen LogP contribution in [0, 0.1) is 6.92 Å². The molecule has 0 atom stereocenters. The highest BCUT2D eigenvalue weighted by atomic mass is 79.9. The number of benzene rings is 1. The van der Waals surface area contributed by atoms with Gasteiger partial charge in [0.1, 0.15) is 4.90 Å². The maximum atomic E-state index is 12.2. The van der Waals surface area contributed by atoms with Gasteiger partial charge < -0.3 is 10.3 Å². The van der Waals surface area contributed by atoms with Crippen molar-refractivity contribution in [2.45, 2.75) is 18.4 Å². The summed E-state index contributed by atoms with van der Waals surface area (Å²) in [6, 6.07) is 3.11. The van der Waals surface area contributed by atoms with Gasteiger partial charge in [-0.2, -0.15) is 4.98 Å². The van der Waals surface area contributed by atoms with Gasteiger partial charge in [0, 0.05) is 15.9 Å². The van der Waals surface area contributed by atoms with Crippen molar-refractivity contribution in [3.63, 3.8) is 0 Å². The van der Waals surface area contributed by atoms with Crippen LogP contribution in [0.3, 0.4) is 0 Å². The number of rotatable bonds is 4. The lowest BCUT2D eigenvalue weighted by molar-refractivity contribution is 0.387. The fraction of sp³-hybridized carbons (Fsp3) is 0.200. The SMILES string of the molecule is Cc1nc(CNS(=O)(=O)c2c(N)cc(Br)cc2Br)no1. The molecule has 10 heteroatoms. The van der Waals surface area contributed by atoms with Crippen LogP contribution < -0.4 is 10.5 Å². The summed E-state index contributed by atoms with van der Waals surface area (Å²) in [7, 11) is -3.79. The molecule has 0 bridgehead atoms. The van der Waals surface area contributed by atoms with Crippen LogP contribution in [0.4, 0.5) is 5.69 Å². The van der Waals surface area contributed by atoms with Crippen molar-refractivity contribution in [3.05, 3.63) is 32.8 Å². The van der Waals surface area contributed by atoms with Crippen molar-refractivity contribution in [1.82, 2.24) is 14.9 Å². The van der Waals surface area contributed by atoms with E-state index in [-0.39, 0.29) is 23.0 Å². The minimum atomic E-state index is -3.79. The number of aryl methyl sites for hydroxylation is 1. The van der Waals surface area contributed by atoms with Gasteiger partial charge in [0.25, 0.3) is 0 Å². The van der Waals surface area contributed by atoms with E-state index in [4.69, 9.17) is 10.3 Å². The first-order valence-corrected chi connectivity index (χ1v) is 8.40. The molecule has 0 saturated carbocycles. The molecule has 0 aliphatic carbocycles. The molecule has 1 aromatic carbocycles. The number of aromatic nitrogens is 2. The van der Waals surface area contributed by atoms with Crippen LogP contribution in [0.5, 0.6) is 0 Å². The molecular weight excluding hydrogens is 416 g/mol. The quantitative estimate of drug-likeness (QED) is 0.724. The topological polar surface area (TPSA) is 111 Å². The van der Waals surface area contributed by atoms with E-state index in [1.807, 2.05) is 0 Å². The van der Waals surface area contributed by atoms with Crippen LogP contribution in [0.15, 0.2) is 30.5 Å². The Hall–Kier alpha value is -0.970. The first kappa shape index (κ1) is 15.4. The minimum Gasteiger partial charge on any atom is -0.398 e. The molecule has 0 aliphatic heterocycles. The third kappa shape index (κ3) is 3.37. The summed E-state index contributed by atoms with van der Waals surface area (Å²) in [4.78, 5) is 3.88. The number of hydrogen-bond donors (Lipinski definition) is 2. The van der Waals surface area contributed by atoms with Gasteiger partial charge in [-0.15, -0.1) is 0 Å². The summed E-state index contributed by atoms with van der Waals surface area (Å²) in [6.45, 7) is 1.54. The molecule has 7 nitrogen and oxygen atoms in total. The third-order valence-corrected chi connectivity index (χ3v) is 5.16. The van der Waals surface area contributed by atoms with Gasteiger partial charge in [0.15, 0.2) is 5.82 Å². The van der Waals surface area contributed by atoms with E-state index in [1.54, 1.807) is 13.0 Å². The van der Waals surface area contributed by atoms with Gasteiger partial charge in [-0.1, -0.05) is 21.1 Å². The molecule has 20 heavy (non-hydrogen) atoms. The molecule has 0 fully saturated rings. The zero-order chi connectivity index (χ0) is 14.9. The average Bonchev–Trinajstić information content (AvgIpc) is 2.71. The molecule has 0 radical (unpaired) electrons. The van der Waals surface area contributed by atoms with E-state index in [9.17, 15) is 8.42 Å². The molecule has 1 aromatic heterocycles.